The van der Waals surface area contributed by atoms with Crippen LogP contribution in [0.3, 0.4) is 0 Å². The zero-order valence-electron chi connectivity index (χ0n) is 9.06. The van der Waals surface area contributed by atoms with E-state index in [-0.39, 0.29) is 0 Å². The third-order valence-corrected chi connectivity index (χ3v) is 2.37. The van der Waals surface area contributed by atoms with Crippen molar-refractivity contribution in [3.63, 3.8) is 0 Å². The summed E-state index contributed by atoms with van der Waals surface area (Å²) in [6.07, 6.45) is 9.33. The fourth-order valence-electron chi connectivity index (χ4n) is 1.55. The van der Waals surface area contributed by atoms with Gasteiger partial charge in [0.25, 0.3) is 0 Å². The number of nitrogens with one attached hydrogen (secondary N) is 1. The number of hydrogen-bond acceptors (Lipinski definition) is 4. The standard InChI is InChI=1S/C11H15N5/c12-10-5-6-14-11(16-10)4-2-1-3-9-7-13-8-15-9/h5-8H,1-4H2,(H,13,15)(H2,12,14,16). The second-order valence-corrected chi connectivity index (χ2v) is 3.67. The van der Waals surface area contributed by atoms with Crippen LogP contribution < -0.4 is 5.73 Å². The van der Waals surface area contributed by atoms with Gasteiger partial charge in [-0.2, -0.15) is 0 Å². The molecular formula is C11H15N5. The monoisotopic (exact) mass is 217 g/mol. The highest BCUT2D eigenvalue weighted by Crippen LogP contribution is 2.05. The van der Waals surface area contributed by atoms with Gasteiger partial charge in [0, 0.05) is 18.8 Å². The van der Waals surface area contributed by atoms with Gasteiger partial charge in [-0.15, -0.1) is 0 Å². The number of anilines is 1. The van der Waals surface area contributed by atoms with Gasteiger partial charge in [-0.3, -0.25) is 0 Å². The van der Waals surface area contributed by atoms with Gasteiger partial charge in [0.05, 0.1) is 12.0 Å². The summed E-state index contributed by atoms with van der Waals surface area (Å²) in [6, 6.07) is 1.70. The molecule has 0 aliphatic heterocycles. The Morgan fingerprint density at radius 1 is 1.19 bits per heavy atom. The van der Waals surface area contributed by atoms with Crippen molar-refractivity contribution in [2.75, 3.05) is 5.73 Å². The Balaban J connectivity index is 1.72. The molecule has 0 aromatic carbocycles. The van der Waals surface area contributed by atoms with E-state index in [4.69, 9.17) is 5.73 Å². The number of unbranched alkanes of at least 4 members (excludes halogenated alkanes) is 1. The van der Waals surface area contributed by atoms with E-state index in [9.17, 15) is 0 Å². The lowest BCUT2D eigenvalue weighted by molar-refractivity contribution is 0.701. The van der Waals surface area contributed by atoms with E-state index in [0.29, 0.717) is 5.82 Å². The molecule has 0 bridgehead atoms. The first-order chi connectivity index (χ1) is 7.84. The molecular weight excluding hydrogens is 202 g/mol. The van der Waals surface area contributed by atoms with E-state index in [1.807, 2.05) is 6.20 Å². The molecule has 0 radical (unpaired) electrons. The average molecular weight is 217 g/mol. The maximum atomic E-state index is 5.57. The van der Waals surface area contributed by atoms with Crippen molar-refractivity contribution < 1.29 is 0 Å². The molecule has 84 valence electrons. The zero-order valence-corrected chi connectivity index (χ0v) is 9.06. The van der Waals surface area contributed by atoms with E-state index < -0.39 is 0 Å². The van der Waals surface area contributed by atoms with Crippen LogP contribution in [-0.4, -0.2) is 19.9 Å². The number of aryl methyl sites for hydroxylation is 2. The molecule has 0 saturated heterocycles. The number of rotatable bonds is 5. The van der Waals surface area contributed by atoms with Crippen LogP contribution in [-0.2, 0) is 12.8 Å². The van der Waals surface area contributed by atoms with E-state index in [0.717, 1.165) is 37.2 Å². The predicted molar refractivity (Wildman–Crippen MR) is 61.7 cm³/mol. The SMILES string of the molecule is Nc1ccnc(CCCCc2c[nH]cn2)n1. The second kappa shape index (κ2) is 5.25. The molecule has 2 aromatic heterocycles. The molecule has 0 atom stereocenters. The van der Waals surface area contributed by atoms with Gasteiger partial charge in [0.1, 0.15) is 11.6 Å². The molecule has 0 amide bonds. The van der Waals surface area contributed by atoms with Gasteiger partial charge in [-0.1, -0.05) is 0 Å². The maximum absolute atomic E-state index is 5.57. The van der Waals surface area contributed by atoms with Crippen LogP contribution >= 0.6 is 0 Å². The van der Waals surface area contributed by atoms with Crippen LogP contribution in [0.25, 0.3) is 0 Å². The number of nitrogens with zero attached hydrogens (tertiary/aromatic N) is 3. The Kier molecular flexibility index (Phi) is 3.48. The number of hydrogen-bond donors (Lipinski definition) is 2. The summed E-state index contributed by atoms with van der Waals surface area (Å²) in [5, 5.41) is 0. The fourth-order valence-corrected chi connectivity index (χ4v) is 1.55. The largest absolute Gasteiger partial charge is 0.384 e. The minimum atomic E-state index is 0.539. The Hall–Kier alpha value is -1.91. The zero-order chi connectivity index (χ0) is 11.2. The molecule has 2 rings (SSSR count). The first-order valence-corrected chi connectivity index (χ1v) is 5.39. The minimum absolute atomic E-state index is 0.539. The molecule has 5 nitrogen and oxygen atoms in total. The highest BCUT2D eigenvalue weighted by atomic mass is 14.9. The van der Waals surface area contributed by atoms with Crippen LogP contribution in [0.2, 0.25) is 0 Å². The molecule has 2 aromatic rings. The molecule has 0 aliphatic rings. The normalized spacial score (nSPS) is 10.5. The lowest BCUT2D eigenvalue weighted by Crippen LogP contribution is -1.99. The first-order valence-electron chi connectivity index (χ1n) is 5.39. The average Bonchev–Trinajstić information content (AvgIpc) is 2.77. The van der Waals surface area contributed by atoms with E-state index in [1.165, 1.54) is 0 Å². The summed E-state index contributed by atoms with van der Waals surface area (Å²) in [6.45, 7) is 0. The molecule has 0 aliphatic carbocycles. The highest BCUT2D eigenvalue weighted by Gasteiger charge is 1.99. The summed E-state index contributed by atoms with van der Waals surface area (Å²) in [4.78, 5) is 15.4. The predicted octanol–water partition coefficient (Wildman–Crippen LogP) is 1.35. The lowest BCUT2D eigenvalue weighted by atomic mass is 10.1. The summed E-state index contributed by atoms with van der Waals surface area (Å²) in [5.74, 6) is 1.36. The van der Waals surface area contributed by atoms with Crippen molar-refractivity contribution >= 4 is 5.82 Å². The third-order valence-electron chi connectivity index (χ3n) is 2.37. The smallest absolute Gasteiger partial charge is 0.130 e. The fraction of sp³-hybridized carbons (Fsp3) is 0.364. The van der Waals surface area contributed by atoms with Gasteiger partial charge in [-0.05, 0) is 25.3 Å². The molecule has 0 saturated carbocycles. The number of imidazole rings is 1. The topological polar surface area (TPSA) is 80.5 Å². The number of aromatic nitrogens is 4. The van der Waals surface area contributed by atoms with Crippen LogP contribution in [0.5, 0.6) is 0 Å². The van der Waals surface area contributed by atoms with Gasteiger partial charge >= 0.3 is 0 Å². The number of aromatic amines is 1. The Labute approximate surface area is 94.2 Å². The molecule has 5 heteroatoms. The molecule has 3 N–H and O–H groups in total. The minimum Gasteiger partial charge on any atom is -0.384 e. The lowest BCUT2D eigenvalue weighted by Gasteiger charge is -2.00. The van der Waals surface area contributed by atoms with E-state index in [1.54, 1.807) is 18.6 Å². The molecule has 16 heavy (non-hydrogen) atoms. The number of nitrogen functional groups attached to an aromatic ring is 1. The van der Waals surface area contributed by atoms with Crippen molar-refractivity contribution in [1.82, 2.24) is 19.9 Å². The van der Waals surface area contributed by atoms with Crippen molar-refractivity contribution in [1.29, 1.82) is 0 Å². The van der Waals surface area contributed by atoms with Crippen molar-refractivity contribution in [2.24, 2.45) is 0 Å². The van der Waals surface area contributed by atoms with Gasteiger partial charge < -0.3 is 10.7 Å². The number of H-pyrrole nitrogens is 1. The van der Waals surface area contributed by atoms with E-state index >= 15 is 0 Å². The summed E-state index contributed by atoms with van der Waals surface area (Å²) in [5.41, 5.74) is 6.68. The van der Waals surface area contributed by atoms with E-state index in [2.05, 4.69) is 19.9 Å². The van der Waals surface area contributed by atoms with Crippen molar-refractivity contribution in [2.45, 2.75) is 25.7 Å². The van der Waals surface area contributed by atoms with Crippen LogP contribution in [0.1, 0.15) is 24.4 Å². The first kappa shape index (κ1) is 10.6. The van der Waals surface area contributed by atoms with Gasteiger partial charge in [0.15, 0.2) is 0 Å². The molecule has 0 fully saturated rings. The molecule has 0 spiro atoms. The Morgan fingerprint density at radius 3 is 2.81 bits per heavy atom. The summed E-state index contributed by atoms with van der Waals surface area (Å²) >= 11 is 0. The Morgan fingerprint density at radius 2 is 2.06 bits per heavy atom. The highest BCUT2D eigenvalue weighted by molar-refractivity contribution is 5.24. The third kappa shape index (κ3) is 3.05. The molecule has 2 heterocycles. The van der Waals surface area contributed by atoms with Crippen LogP contribution in [0.15, 0.2) is 24.8 Å². The van der Waals surface area contributed by atoms with Gasteiger partial charge in [0.2, 0.25) is 0 Å². The van der Waals surface area contributed by atoms with Gasteiger partial charge in [-0.25, -0.2) is 15.0 Å². The summed E-state index contributed by atoms with van der Waals surface area (Å²) in [7, 11) is 0. The molecule has 0 unspecified atom stereocenters. The summed E-state index contributed by atoms with van der Waals surface area (Å²) < 4.78 is 0. The quantitative estimate of drug-likeness (QED) is 0.741. The number of nitrogens with two attached hydrogens (primary N) is 1. The van der Waals surface area contributed by atoms with Crippen LogP contribution in [0.4, 0.5) is 5.82 Å². The van der Waals surface area contributed by atoms with Crippen molar-refractivity contribution in [3.05, 3.63) is 36.3 Å². The van der Waals surface area contributed by atoms with Crippen LogP contribution in [0, 0.1) is 0 Å². The maximum Gasteiger partial charge on any atom is 0.130 e. The van der Waals surface area contributed by atoms with Crippen molar-refractivity contribution in [3.8, 4) is 0 Å². The Bertz CT molecular complexity index is 424. The second-order valence-electron chi connectivity index (χ2n) is 3.67.